The van der Waals surface area contributed by atoms with E-state index in [-0.39, 0.29) is 5.78 Å². The van der Waals surface area contributed by atoms with Crippen LogP contribution >= 0.6 is 22.6 Å². The highest BCUT2D eigenvalue weighted by atomic mass is 127. The molecule has 0 bridgehead atoms. The van der Waals surface area contributed by atoms with Gasteiger partial charge in [0.15, 0.2) is 0 Å². The first kappa shape index (κ1) is 10.0. The summed E-state index contributed by atoms with van der Waals surface area (Å²) in [5.41, 5.74) is 1.01. The van der Waals surface area contributed by atoms with Crippen LogP contribution < -0.4 is 0 Å². The maximum Gasteiger partial charge on any atom is 0.228 e. The number of allylic oxidation sites excluding steroid dienone is 1. The number of benzene rings is 1. The molecule has 0 fully saturated rings. The smallest absolute Gasteiger partial charge is 0.228 e. The van der Waals surface area contributed by atoms with Crippen molar-refractivity contribution in [2.45, 2.75) is 0 Å². The Labute approximate surface area is 91.0 Å². The zero-order valence-corrected chi connectivity index (χ0v) is 8.99. The third kappa shape index (κ3) is 3.03. The summed E-state index contributed by atoms with van der Waals surface area (Å²) in [5.74, 6) is 1.72. The van der Waals surface area contributed by atoms with E-state index in [9.17, 15) is 4.79 Å². The SMILES string of the molecule is C#CC(=O)C=Cc1ccccc1I. The molecule has 0 radical (unpaired) electrons. The Kier molecular flexibility index (Phi) is 3.71. The average molecular weight is 282 g/mol. The monoisotopic (exact) mass is 282 g/mol. The van der Waals surface area contributed by atoms with Gasteiger partial charge in [0.05, 0.1) is 0 Å². The van der Waals surface area contributed by atoms with Gasteiger partial charge in [-0.15, -0.1) is 6.42 Å². The van der Waals surface area contributed by atoms with E-state index in [4.69, 9.17) is 6.42 Å². The molecule has 0 amide bonds. The molecule has 0 N–H and O–H groups in total. The molecule has 64 valence electrons. The molecule has 1 nitrogen and oxygen atoms in total. The van der Waals surface area contributed by atoms with E-state index in [1.807, 2.05) is 30.2 Å². The summed E-state index contributed by atoms with van der Waals surface area (Å²) < 4.78 is 1.10. The molecule has 0 saturated carbocycles. The molecule has 0 unspecified atom stereocenters. The fourth-order valence-electron chi connectivity index (χ4n) is 0.824. The summed E-state index contributed by atoms with van der Waals surface area (Å²) in [6, 6.07) is 7.77. The molecule has 0 saturated heterocycles. The summed E-state index contributed by atoms with van der Waals surface area (Å²) >= 11 is 2.21. The fourth-order valence-corrected chi connectivity index (χ4v) is 1.39. The van der Waals surface area contributed by atoms with Crippen LogP contribution in [-0.4, -0.2) is 5.78 Å². The molecule has 0 aliphatic rings. The van der Waals surface area contributed by atoms with Gasteiger partial charge in [0.25, 0.3) is 0 Å². The third-order valence-corrected chi connectivity index (χ3v) is 2.44. The van der Waals surface area contributed by atoms with Crippen LogP contribution in [0.5, 0.6) is 0 Å². The minimum Gasteiger partial charge on any atom is -0.280 e. The fraction of sp³-hybridized carbons (Fsp3) is 0. The van der Waals surface area contributed by atoms with Gasteiger partial charge in [-0.25, -0.2) is 0 Å². The molecule has 1 aromatic rings. The summed E-state index contributed by atoms with van der Waals surface area (Å²) in [6.45, 7) is 0. The number of rotatable bonds is 2. The van der Waals surface area contributed by atoms with Crippen LogP contribution in [0.25, 0.3) is 6.08 Å². The lowest BCUT2D eigenvalue weighted by molar-refractivity contribution is -0.109. The number of hydrogen-bond donors (Lipinski definition) is 0. The number of carbonyl (C=O) groups is 1. The van der Waals surface area contributed by atoms with Crippen molar-refractivity contribution < 1.29 is 4.79 Å². The van der Waals surface area contributed by atoms with E-state index < -0.39 is 0 Å². The van der Waals surface area contributed by atoms with Crippen molar-refractivity contribution in [3.8, 4) is 12.3 Å². The van der Waals surface area contributed by atoms with Gasteiger partial charge in [-0.2, -0.15) is 0 Å². The quantitative estimate of drug-likeness (QED) is 0.352. The predicted octanol–water partition coefficient (Wildman–Crippen LogP) is 2.51. The largest absolute Gasteiger partial charge is 0.280 e. The molecule has 0 aliphatic heterocycles. The number of ketones is 1. The van der Waals surface area contributed by atoms with Gasteiger partial charge in [-0.05, 0) is 52.3 Å². The van der Waals surface area contributed by atoms with Gasteiger partial charge in [0.1, 0.15) is 0 Å². The third-order valence-electron chi connectivity index (χ3n) is 1.46. The zero-order chi connectivity index (χ0) is 9.68. The lowest BCUT2D eigenvalue weighted by atomic mass is 10.2. The van der Waals surface area contributed by atoms with Gasteiger partial charge in [0, 0.05) is 3.57 Å². The maximum atomic E-state index is 10.8. The van der Waals surface area contributed by atoms with E-state index >= 15 is 0 Å². The van der Waals surface area contributed by atoms with Crippen molar-refractivity contribution in [2.75, 3.05) is 0 Å². The Morgan fingerprint density at radius 3 is 2.77 bits per heavy atom. The summed E-state index contributed by atoms with van der Waals surface area (Å²) in [7, 11) is 0. The van der Waals surface area contributed by atoms with Crippen LogP contribution in [-0.2, 0) is 4.79 Å². The number of hydrogen-bond acceptors (Lipinski definition) is 1. The molecule has 0 heterocycles. The van der Waals surface area contributed by atoms with Gasteiger partial charge in [-0.3, -0.25) is 4.79 Å². The van der Waals surface area contributed by atoms with Gasteiger partial charge in [0.2, 0.25) is 5.78 Å². The Morgan fingerprint density at radius 2 is 2.15 bits per heavy atom. The second-order valence-corrected chi connectivity index (χ2v) is 3.53. The molecule has 0 spiro atoms. The van der Waals surface area contributed by atoms with Crippen LogP contribution in [0.4, 0.5) is 0 Å². The van der Waals surface area contributed by atoms with Gasteiger partial charge in [-0.1, -0.05) is 18.2 Å². The van der Waals surface area contributed by atoms with Crippen molar-refractivity contribution in [3.05, 3.63) is 39.5 Å². The highest BCUT2D eigenvalue weighted by molar-refractivity contribution is 14.1. The van der Waals surface area contributed by atoms with Crippen LogP contribution in [0.1, 0.15) is 5.56 Å². The zero-order valence-electron chi connectivity index (χ0n) is 6.83. The second kappa shape index (κ2) is 4.83. The van der Waals surface area contributed by atoms with Gasteiger partial charge < -0.3 is 0 Å². The normalized spacial score (nSPS) is 9.85. The maximum absolute atomic E-state index is 10.8. The Bertz CT molecular complexity index is 385. The van der Waals surface area contributed by atoms with E-state index in [0.29, 0.717) is 0 Å². The molecule has 1 rings (SSSR count). The van der Waals surface area contributed by atoms with E-state index in [2.05, 4.69) is 22.6 Å². The highest BCUT2D eigenvalue weighted by Crippen LogP contribution is 2.12. The van der Waals surface area contributed by atoms with E-state index in [1.54, 1.807) is 6.08 Å². The van der Waals surface area contributed by atoms with Crippen LogP contribution in [0.2, 0.25) is 0 Å². The van der Waals surface area contributed by atoms with Crippen LogP contribution in [0, 0.1) is 15.9 Å². The Balaban J connectivity index is 2.87. The standard InChI is InChI=1S/C11H7IO/c1-2-10(13)8-7-9-5-3-4-6-11(9)12/h1,3-8H. The molecule has 13 heavy (non-hydrogen) atoms. The van der Waals surface area contributed by atoms with Crippen molar-refractivity contribution in [1.29, 1.82) is 0 Å². The number of carbonyl (C=O) groups excluding carboxylic acids is 1. The van der Waals surface area contributed by atoms with Gasteiger partial charge >= 0.3 is 0 Å². The first-order valence-corrected chi connectivity index (χ1v) is 4.75. The van der Waals surface area contributed by atoms with E-state index in [1.165, 1.54) is 6.08 Å². The summed E-state index contributed by atoms with van der Waals surface area (Å²) in [5, 5.41) is 0. The lowest BCUT2D eigenvalue weighted by Gasteiger charge is -1.94. The highest BCUT2D eigenvalue weighted by Gasteiger charge is 1.93. The Hall–Kier alpha value is -1.08. The van der Waals surface area contributed by atoms with Crippen LogP contribution in [0.15, 0.2) is 30.3 Å². The summed E-state index contributed by atoms with van der Waals surface area (Å²) in [6.07, 6.45) is 8.05. The topological polar surface area (TPSA) is 17.1 Å². The number of halogens is 1. The molecular formula is C11H7IO. The summed E-state index contributed by atoms with van der Waals surface area (Å²) in [4.78, 5) is 10.8. The van der Waals surface area contributed by atoms with Crippen molar-refractivity contribution in [2.24, 2.45) is 0 Å². The molecule has 0 atom stereocenters. The van der Waals surface area contributed by atoms with Crippen molar-refractivity contribution in [1.82, 2.24) is 0 Å². The average Bonchev–Trinajstić information content (AvgIpc) is 2.16. The molecule has 2 heteroatoms. The molecular weight excluding hydrogens is 275 g/mol. The predicted molar refractivity (Wildman–Crippen MR) is 62.0 cm³/mol. The second-order valence-electron chi connectivity index (χ2n) is 2.36. The minimum atomic E-state index is -0.306. The molecule has 1 aromatic carbocycles. The van der Waals surface area contributed by atoms with Crippen molar-refractivity contribution >= 4 is 34.5 Å². The number of terminal acetylenes is 1. The van der Waals surface area contributed by atoms with Crippen molar-refractivity contribution in [3.63, 3.8) is 0 Å². The first-order chi connectivity index (χ1) is 6.24. The Morgan fingerprint density at radius 1 is 1.46 bits per heavy atom. The van der Waals surface area contributed by atoms with E-state index in [0.717, 1.165) is 9.13 Å². The molecule has 0 aromatic heterocycles. The molecule has 0 aliphatic carbocycles. The first-order valence-electron chi connectivity index (χ1n) is 3.67. The van der Waals surface area contributed by atoms with Crippen LogP contribution in [0.3, 0.4) is 0 Å². The minimum absolute atomic E-state index is 0.306. The lowest BCUT2D eigenvalue weighted by Crippen LogP contribution is -1.85.